The first-order valence-electron chi connectivity index (χ1n) is 10.5. The topological polar surface area (TPSA) is 59.8 Å². The minimum atomic E-state index is -0.113. The summed E-state index contributed by atoms with van der Waals surface area (Å²) in [5, 5.41) is 3.14. The molecule has 5 heteroatoms. The highest BCUT2D eigenvalue weighted by atomic mass is 16.5. The molecule has 2 N–H and O–H groups in total. The fraction of sp³-hybridized carbons (Fsp3) is 0.636. The van der Waals surface area contributed by atoms with Crippen LogP contribution in [0.25, 0.3) is 0 Å². The predicted octanol–water partition coefficient (Wildman–Crippen LogP) is 1.60. The number of carbonyl (C=O) groups is 2. The van der Waals surface area contributed by atoms with Crippen LogP contribution in [0.1, 0.15) is 62.3 Å². The molecule has 1 unspecified atom stereocenters. The molecule has 1 fully saturated rings. The van der Waals surface area contributed by atoms with Crippen LogP contribution in [0.5, 0.6) is 0 Å². The third-order valence-corrected chi connectivity index (χ3v) is 5.90. The van der Waals surface area contributed by atoms with E-state index in [1.807, 2.05) is 6.92 Å². The molecule has 3 rings (SSSR count). The molecule has 1 amide bonds. The largest absolute Gasteiger partial charge is 0.466 e. The molecule has 0 aromatic heterocycles. The molecule has 5 nitrogen and oxygen atoms in total. The van der Waals surface area contributed by atoms with Gasteiger partial charge in [0.25, 0.3) is 5.91 Å². The van der Waals surface area contributed by atoms with Crippen molar-refractivity contribution in [2.24, 2.45) is 5.92 Å². The van der Waals surface area contributed by atoms with Gasteiger partial charge in [-0.15, -0.1) is 0 Å². The number of hydrogen-bond acceptors (Lipinski definition) is 3. The molecule has 1 aromatic rings. The van der Waals surface area contributed by atoms with E-state index in [9.17, 15) is 9.59 Å². The van der Waals surface area contributed by atoms with Gasteiger partial charge in [-0.05, 0) is 69.1 Å². The summed E-state index contributed by atoms with van der Waals surface area (Å²) in [7, 11) is 0. The van der Waals surface area contributed by atoms with E-state index in [0.717, 1.165) is 25.8 Å². The van der Waals surface area contributed by atoms with E-state index >= 15 is 0 Å². The van der Waals surface area contributed by atoms with Crippen molar-refractivity contribution in [2.75, 3.05) is 26.2 Å². The van der Waals surface area contributed by atoms with Crippen LogP contribution >= 0.6 is 0 Å². The van der Waals surface area contributed by atoms with Crippen molar-refractivity contribution in [2.45, 2.75) is 58.4 Å². The number of aryl methyl sites for hydroxylation is 2. The lowest BCUT2D eigenvalue weighted by Crippen LogP contribution is -3.14. The molecule has 0 spiro atoms. The Morgan fingerprint density at radius 3 is 2.78 bits per heavy atom. The number of nitrogens with one attached hydrogen (secondary N) is 2. The number of quaternary nitrogens is 1. The summed E-state index contributed by atoms with van der Waals surface area (Å²) in [6.07, 6.45) is 6.70. The number of piperidine rings is 1. The normalized spacial score (nSPS) is 23.2. The molecule has 1 saturated heterocycles. The molecule has 27 heavy (non-hydrogen) atoms. The van der Waals surface area contributed by atoms with Crippen molar-refractivity contribution >= 4 is 11.9 Å². The maximum atomic E-state index is 12.5. The molecule has 1 aliphatic carbocycles. The zero-order valence-corrected chi connectivity index (χ0v) is 16.7. The summed E-state index contributed by atoms with van der Waals surface area (Å²) in [4.78, 5) is 25.7. The first-order valence-corrected chi connectivity index (χ1v) is 10.5. The van der Waals surface area contributed by atoms with Gasteiger partial charge >= 0.3 is 5.97 Å². The maximum absolute atomic E-state index is 12.5. The standard InChI is InChI=1S/C22H32N2O3/c1-3-27-22(26)20-9-6-12-24(14-20)15-21(25)23-16(2)18-11-10-17-7-4-5-8-19(17)13-18/h10-11,13,16,20H,3-9,12,14-15H2,1-2H3,(H,23,25)/p+1/t16-,20-/m0/s1. The molecule has 1 aromatic carbocycles. The van der Waals surface area contributed by atoms with Crippen LogP contribution in [0, 0.1) is 5.92 Å². The Hall–Kier alpha value is -1.88. The number of fused-ring (bicyclic) bond motifs is 1. The van der Waals surface area contributed by atoms with Gasteiger partial charge in [-0.2, -0.15) is 0 Å². The monoisotopic (exact) mass is 373 g/mol. The lowest BCUT2D eigenvalue weighted by atomic mass is 9.89. The zero-order chi connectivity index (χ0) is 19.2. The molecule has 0 saturated carbocycles. The number of likely N-dealkylation sites (tertiary alicyclic amines) is 1. The summed E-state index contributed by atoms with van der Waals surface area (Å²) in [5.74, 6) is -0.128. The van der Waals surface area contributed by atoms with E-state index in [0.29, 0.717) is 19.7 Å². The third-order valence-electron chi connectivity index (χ3n) is 5.90. The van der Waals surface area contributed by atoms with E-state index in [4.69, 9.17) is 4.74 Å². The van der Waals surface area contributed by atoms with E-state index in [2.05, 4.69) is 30.4 Å². The van der Waals surface area contributed by atoms with E-state index < -0.39 is 0 Å². The summed E-state index contributed by atoms with van der Waals surface area (Å²) in [5.41, 5.74) is 4.09. The van der Waals surface area contributed by atoms with Crippen LogP contribution < -0.4 is 10.2 Å². The highest BCUT2D eigenvalue weighted by Gasteiger charge is 2.31. The van der Waals surface area contributed by atoms with E-state index in [1.54, 1.807) is 0 Å². The molecule has 148 valence electrons. The first kappa shape index (κ1) is 19.9. The number of rotatable bonds is 6. The number of carbonyl (C=O) groups excluding carboxylic acids is 2. The van der Waals surface area contributed by atoms with Crippen LogP contribution in [0.4, 0.5) is 0 Å². The van der Waals surface area contributed by atoms with Crippen LogP contribution in [-0.2, 0) is 27.2 Å². The van der Waals surface area contributed by atoms with Gasteiger partial charge in [0.15, 0.2) is 6.54 Å². The van der Waals surface area contributed by atoms with Crippen LogP contribution in [0.3, 0.4) is 0 Å². The van der Waals surface area contributed by atoms with Crippen molar-refractivity contribution in [3.05, 3.63) is 34.9 Å². The van der Waals surface area contributed by atoms with Crippen LogP contribution in [0.2, 0.25) is 0 Å². The minimum Gasteiger partial charge on any atom is -0.466 e. The Balaban J connectivity index is 1.52. The van der Waals surface area contributed by atoms with Gasteiger partial charge in [0, 0.05) is 0 Å². The Kier molecular flexibility index (Phi) is 6.89. The van der Waals surface area contributed by atoms with Gasteiger partial charge in [0.05, 0.1) is 25.7 Å². The van der Waals surface area contributed by atoms with Crippen molar-refractivity contribution in [3.8, 4) is 0 Å². The summed E-state index contributed by atoms with van der Waals surface area (Å²) in [6.45, 7) is 6.36. The van der Waals surface area contributed by atoms with Crippen molar-refractivity contribution in [1.82, 2.24) is 5.32 Å². The van der Waals surface area contributed by atoms with Gasteiger partial charge in [-0.3, -0.25) is 9.59 Å². The Morgan fingerprint density at radius 2 is 2.00 bits per heavy atom. The fourth-order valence-electron chi connectivity index (χ4n) is 4.40. The van der Waals surface area contributed by atoms with Crippen LogP contribution in [-0.4, -0.2) is 38.1 Å². The Morgan fingerprint density at radius 1 is 1.22 bits per heavy atom. The fourth-order valence-corrected chi connectivity index (χ4v) is 4.40. The average molecular weight is 374 g/mol. The van der Waals surface area contributed by atoms with Gasteiger partial charge in [-0.1, -0.05) is 18.2 Å². The van der Waals surface area contributed by atoms with Gasteiger partial charge in [-0.25, -0.2) is 0 Å². The second kappa shape index (κ2) is 9.36. The van der Waals surface area contributed by atoms with Crippen molar-refractivity contribution < 1.29 is 19.2 Å². The average Bonchev–Trinajstić information content (AvgIpc) is 2.68. The SMILES string of the molecule is CCOC(=O)[C@H]1CCC[NH+](CC(=O)N[C@@H](C)c2ccc3c(c2)CCCC3)C1. The van der Waals surface area contributed by atoms with Gasteiger partial charge in [0.1, 0.15) is 5.92 Å². The second-order valence-corrected chi connectivity index (χ2v) is 8.00. The van der Waals surface area contributed by atoms with Gasteiger partial charge in [0.2, 0.25) is 0 Å². The summed E-state index contributed by atoms with van der Waals surface area (Å²) >= 11 is 0. The summed E-state index contributed by atoms with van der Waals surface area (Å²) < 4.78 is 5.15. The first-order chi connectivity index (χ1) is 13.1. The predicted molar refractivity (Wildman–Crippen MR) is 105 cm³/mol. The number of hydrogen-bond donors (Lipinski definition) is 2. The zero-order valence-electron chi connectivity index (χ0n) is 16.7. The van der Waals surface area contributed by atoms with E-state index in [-0.39, 0.29) is 23.8 Å². The summed E-state index contributed by atoms with van der Waals surface area (Å²) in [6, 6.07) is 6.66. The quantitative estimate of drug-likeness (QED) is 0.745. The maximum Gasteiger partial charge on any atom is 0.314 e. The second-order valence-electron chi connectivity index (χ2n) is 8.00. The molecular weight excluding hydrogens is 340 g/mol. The number of amides is 1. The van der Waals surface area contributed by atoms with E-state index in [1.165, 1.54) is 40.9 Å². The Labute approximate surface area is 162 Å². The molecular formula is C22H33N2O3+. The molecule has 2 aliphatic rings. The molecule has 1 aliphatic heterocycles. The van der Waals surface area contributed by atoms with Crippen molar-refractivity contribution in [3.63, 3.8) is 0 Å². The van der Waals surface area contributed by atoms with Crippen molar-refractivity contribution in [1.29, 1.82) is 0 Å². The number of benzene rings is 1. The number of esters is 1. The van der Waals surface area contributed by atoms with Gasteiger partial charge < -0.3 is 15.0 Å². The minimum absolute atomic E-state index is 0.00905. The number of ether oxygens (including phenoxy) is 1. The lowest BCUT2D eigenvalue weighted by molar-refractivity contribution is -0.899. The van der Waals surface area contributed by atoms with Crippen LogP contribution in [0.15, 0.2) is 18.2 Å². The molecule has 0 radical (unpaired) electrons. The Bertz CT molecular complexity index is 674. The lowest BCUT2D eigenvalue weighted by Gasteiger charge is -2.28. The highest BCUT2D eigenvalue weighted by Crippen LogP contribution is 2.24. The smallest absolute Gasteiger partial charge is 0.314 e. The molecule has 1 heterocycles. The third kappa shape index (κ3) is 5.32. The molecule has 0 bridgehead atoms. The molecule has 3 atom stereocenters. The highest BCUT2D eigenvalue weighted by molar-refractivity contribution is 5.77.